The van der Waals surface area contributed by atoms with Crippen molar-refractivity contribution in [1.29, 1.82) is 0 Å². The highest BCUT2D eigenvalue weighted by molar-refractivity contribution is 8.00. The molecule has 0 aliphatic heterocycles. The number of rotatable bonds is 9. The molecule has 0 aliphatic rings. The van der Waals surface area contributed by atoms with Gasteiger partial charge < -0.3 is 14.5 Å². The number of carbonyl (C=O) groups excluding carboxylic acids is 2. The van der Waals surface area contributed by atoms with E-state index in [1.807, 2.05) is 6.92 Å². The highest BCUT2D eigenvalue weighted by atomic mass is 32.2. The van der Waals surface area contributed by atoms with Crippen LogP contribution in [0.3, 0.4) is 0 Å². The first-order valence-electron chi connectivity index (χ1n) is 8.98. The average Bonchev–Trinajstić information content (AvgIpc) is 3.14. The molecule has 0 aliphatic carbocycles. The van der Waals surface area contributed by atoms with Crippen molar-refractivity contribution in [2.45, 2.75) is 51.6 Å². The second-order valence-corrected chi connectivity index (χ2v) is 7.02. The van der Waals surface area contributed by atoms with Crippen molar-refractivity contribution in [2.24, 2.45) is 0 Å². The quantitative estimate of drug-likeness (QED) is 0.396. The van der Waals surface area contributed by atoms with Gasteiger partial charge in [-0.1, -0.05) is 25.1 Å². The second-order valence-electron chi connectivity index (χ2n) is 6.06. The van der Waals surface area contributed by atoms with Gasteiger partial charge in [0.05, 0.1) is 24.3 Å². The van der Waals surface area contributed by atoms with Crippen LogP contribution in [0.4, 0.5) is 0 Å². The topological polar surface area (TPSA) is 94.3 Å². The van der Waals surface area contributed by atoms with Crippen LogP contribution >= 0.6 is 11.8 Å². The third kappa shape index (κ3) is 5.82. The third-order valence-corrected chi connectivity index (χ3v) is 4.72. The molecule has 0 fully saturated rings. The van der Waals surface area contributed by atoms with Crippen LogP contribution in [0.25, 0.3) is 11.6 Å². The normalized spacial score (nSPS) is 11.9. The first-order chi connectivity index (χ1) is 13.0. The zero-order valence-corrected chi connectivity index (χ0v) is 16.9. The van der Waals surface area contributed by atoms with Crippen LogP contribution in [0.2, 0.25) is 0 Å². The maximum absolute atomic E-state index is 12.4. The number of aromatic nitrogens is 2. The standard InChI is InChI=1S/C19H25N3O4S/c1-5-8-12(3)20-15(23)11-27-18-16(19(24)25-6-2)13(4)21-17(22-18)14-9-7-10-26-14/h7,9-10,12H,5-6,8,11H2,1-4H3,(H,20,23)/t12-/m1/s1. The van der Waals surface area contributed by atoms with E-state index < -0.39 is 5.97 Å². The van der Waals surface area contributed by atoms with E-state index in [1.165, 1.54) is 18.0 Å². The molecule has 2 rings (SSSR count). The summed E-state index contributed by atoms with van der Waals surface area (Å²) >= 11 is 1.19. The highest BCUT2D eigenvalue weighted by Crippen LogP contribution is 2.27. The molecule has 7 nitrogen and oxygen atoms in total. The molecule has 0 saturated carbocycles. The monoisotopic (exact) mass is 391 g/mol. The predicted octanol–water partition coefficient (Wildman–Crippen LogP) is 3.62. The summed E-state index contributed by atoms with van der Waals surface area (Å²) in [6, 6.07) is 3.59. The Kier molecular flexibility index (Phi) is 7.84. The number of aryl methyl sites for hydroxylation is 1. The van der Waals surface area contributed by atoms with Crippen molar-refractivity contribution in [3.8, 4) is 11.6 Å². The van der Waals surface area contributed by atoms with Crippen LogP contribution in [-0.4, -0.2) is 40.2 Å². The molecule has 1 amide bonds. The number of hydrogen-bond donors (Lipinski definition) is 1. The number of esters is 1. The summed E-state index contributed by atoms with van der Waals surface area (Å²) in [6.45, 7) is 7.74. The van der Waals surface area contributed by atoms with E-state index >= 15 is 0 Å². The number of thioether (sulfide) groups is 1. The van der Waals surface area contributed by atoms with Gasteiger partial charge in [0.15, 0.2) is 11.6 Å². The van der Waals surface area contributed by atoms with Gasteiger partial charge in [0.25, 0.3) is 0 Å². The van der Waals surface area contributed by atoms with Gasteiger partial charge >= 0.3 is 5.97 Å². The molecule has 2 heterocycles. The molecule has 146 valence electrons. The Morgan fingerprint density at radius 2 is 2.11 bits per heavy atom. The van der Waals surface area contributed by atoms with E-state index in [4.69, 9.17) is 9.15 Å². The molecule has 0 aromatic carbocycles. The van der Waals surface area contributed by atoms with Crippen LogP contribution in [0.1, 0.15) is 49.7 Å². The van der Waals surface area contributed by atoms with Crippen molar-refractivity contribution in [1.82, 2.24) is 15.3 Å². The van der Waals surface area contributed by atoms with Gasteiger partial charge in [0, 0.05) is 6.04 Å². The summed E-state index contributed by atoms with van der Waals surface area (Å²) in [4.78, 5) is 33.4. The van der Waals surface area contributed by atoms with Gasteiger partial charge in [-0.2, -0.15) is 0 Å². The fourth-order valence-corrected chi connectivity index (χ4v) is 3.44. The van der Waals surface area contributed by atoms with Crippen molar-refractivity contribution >= 4 is 23.6 Å². The first-order valence-corrected chi connectivity index (χ1v) is 9.96. The predicted molar refractivity (Wildman–Crippen MR) is 104 cm³/mol. The number of nitrogens with zero attached hydrogens (tertiary/aromatic N) is 2. The molecule has 8 heteroatoms. The zero-order chi connectivity index (χ0) is 19.8. The minimum atomic E-state index is -0.497. The highest BCUT2D eigenvalue weighted by Gasteiger charge is 2.22. The molecule has 1 atom stereocenters. The lowest BCUT2D eigenvalue weighted by Gasteiger charge is -2.14. The Labute approximate surface area is 163 Å². The summed E-state index contributed by atoms with van der Waals surface area (Å²) < 4.78 is 10.5. The summed E-state index contributed by atoms with van der Waals surface area (Å²) in [7, 11) is 0. The van der Waals surface area contributed by atoms with E-state index in [-0.39, 0.29) is 29.9 Å². The van der Waals surface area contributed by atoms with Gasteiger partial charge in [-0.25, -0.2) is 14.8 Å². The number of amides is 1. The van der Waals surface area contributed by atoms with Gasteiger partial charge in [0.1, 0.15) is 10.6 Å². The minimum absolute atomic E-state index is 0.105. The Morgan fingerprint density at radius 3 is 2.74 bits per heavy atom. The van der Waals surface area contributed by atoms with Crippen molar-refractivity contribution < 1.29 is 18.7 Å². The number of nitrogens with one attached hydrogen (secondary N) is 1. The van der Waals surface area contributed by atoms with Gasteiger partial charge in [-0.3, -0.25) is 4.79 Å². The molecule has 27 heavy (non-hydrogen) atoms. The van der Waals surface area contributed by atoms with E-state index in [2.05, 4.69) is 22.2 Å². The zero-order valence-electron chi connectivity index (χ0n) is 16.1. The van der Waals surface area contributed by atoms with Crippen LogP contribution in [0.5, 0.6) is 0 Å². The molecular formula is C19H25N3O4S. The lowest BCUT2D eigenvalue weighted by Crippen LogP contribution is -2.33. The first kappa shape index (κ1) is 21.0. The van der Waals surface area contributed by atoms with Crippen LogP contribution in [0, 0.1) is 6.92 Å². The summed E-state index contributed by atoms with van der Waals surface area (Å²) in [5.74, 6) is 0.410. The molecule has 0 radical (unpaired) electrons. The van der Waals surface area contributed by atoms with Crippen LogP contribution in [-0.2, 0) is 9.53 Å². The van der Waals surface area contributed by atoms with E-state index in [0.717, 1.165) is 12.8 Å². The number of hydrogen-bond acceptors (Lipinski definition) is 7. The number of ether oxygens (including phenoxy) is 1. The van der Waals surface area contributed by atoms with Gasteiger partial charge in [0.2, 0.25) is 5.91 Å². The molecule has 1 N–H and O–H groups in total. The maximum atomic E-state index is 12.4. The number of furan rings is 1. The van der Waals surface area contributed by atoms with E-state index in [0.29, 0.717) is 22.3 Å². The molecule has 0 bridgehead atoms. The summed E-state index contributed by atoms with van der Waals surface area (Å²) in [5.41, 5.74) is 0.767. The Balaban J connectivity index is 2.25. The SMILES string of the molecule is CCC[C@@H](C)NC(=O)CSc1nc(-c2ccco2)nc(C)c1C(=O)OCC. The van der Waals surface area contributed by atoms with Gasteiger partial charge in [-0.05, 0) is 39.3 Å². The largest absolute Gasteiger partial charge is 0.462 e. The minimum Gasteiger partial charge on any atom is -0.462 e. The number of carbonyl (C=O) groups is 2. The Hall–Kier alpha value is -2.35. The second kappa shape index (κ2) is 10.1. The van der Waals surface area contributed by atoms with E-state index in [9.17, 15) is 9.59 Å². The Morgan fingerprint density at radius 1 is 1.33 bits per heavy atom. The molecule has 0 saturated heterocycles. The smallest absolute Gasteiger partial charge is 0.342 e. The fourth-order valence-electron chi connectivity index (χ4n) is 2.56. The summed E-state index contributed by atoms with van der Waals surface area (Å²) in [6.07, 6.45) is 3.45. The molecule has 2 aromatic rings. The third-order valence-electron chi connectivity index (χ3n) is 3.75. The molecular weight excluding hydrogens is 366 g/mol. The van der Waals surface area contributed by atoms with E-state index in [1.54, 1.807) is 26.0 Å². The lowest BCUT2D eigenvalue weighted by molar-refractivity contribution is -0.119. The van der Waals surface area contributed by atoms with Crippen molar-refractivity contribution in [3.63, 3.8) is 0 Å². The van der Waals surface area contributed by atoms with Gasteiger partial charge in [-0.15, -0.1) is 0 Å². The summed E-state index contributed by atoms with van der Waals surface area (Å²) in [5, 5.41) is 3.35. The van der Waals surface area contributed by atoms with Crippen LogP contribution in [0.15, 0.2) is 27.8 Å². The molecule has 0 unspecified atom stereocenters. The van der Waals surface area contributed by atoms with Crippen molar-refractivity contribution in [3.05, 3.63) is 29.7 Å². The molecule has 2 aromatic heterocycles. The van der Waals surface area contributed by atoms with Crippen LogP contribution < -0.4 is 5.32 Å². The van der Waals surface area contributed by atoms with Crippen molar-refractivity contribution in [2.75, 3.05) is 12.4 Å². The Bertz CT molecular complexity index is 778. The average molecular weight is 391 g/mol. The fraction of sp³-hybridized carbons (Fsp3) is 0.474. The lowest BCUT2D eigenvalue weighted by atomic mass is 10.2. The molecule has 0 spiro atoms. The maximum Gasteiger partial charge on any atom is 0.342 e.